The van der Waals surface area contributed by atoms with Crippen molar-refractivity contribution in [3.8, 4) is 0 Å². The van der Waals surface area contributed by atoms with E-state index >= 15 is 0 Å². The number of aryl methyl sites for hydroxylation is 2. The van der Waals surface area contributed by atoms with Gasteiger partial charge in [-0.05, 0) is 87.0 Å². The minimum Gasteiger partial charge on any atom is -0.323 e. The van der Waals surface area contributed by atoms with Crippen molar-refractivity contribution >= 4 is 22.6 Å². The van der Waals surface area contributed by atoms with Crippen LogP contribution in [0.25, 0.3) is 11.0 Å². The van der Waals surface area contributed by atoms with Gasteiger partial charge in [-0.2, -0.15) is 0 Å². The largest absolute Gasteiger partial charge is 0.323 e. The fraction of sp³-hybridized carbons (Fsp3) is 0.435. The molecule has 27 heavy (non-hydrogen) atoms. The minimum atomic E-state index is 0.599. The number of nitrogens with zero attached hydrogens (tertiary/aromatic N) is 2. The molecular weight excluding hydrogens is 354 g/mol. The maximum Gasteiger partial charge on any atom is 0.110 e. The molecule has 142 valence electrons. The standard InChI is InChI=1S/C23H28ClN3/c1-15-10-21-22(11-16(15)2)27(14-18-4-6-20(24)7-5-18)23(26-21)13-19-8-9-25-17(3)12-19/h4-7,10-11,17,19,25H,8-9,12-14H2,1-3H3. The second-order valence-electron chi connectivity index (χ2n) is 8.12. The van der Waals surface area contributed by atoms with E-state index in [4.69, 9.17) is 16.6 Å². The van der Waals surface area contributed by atoms with Crippen molar-refractivity contribution in [2.75, 3.05) is 6.54 Å². The number of halogens is 1. The zero-order valence-electron chi connectivity index (χ0n) is 16.4. The molecule has 0 bridgehead atoms. The van der Waals surface area contributed by atoms with Crippen LogP contribution in [0.2, 0.25) is 5.02 Å². The molecule has 1 aliphatic heterocycles. The second-order valence-corrected chi connectivity index (χ2v) is 8.55. The molecule has 4 heteroatoms. The number of rotatable bonds is 4. The fourth-order valence-electron chi connectivity index (χ4n) is 4.21. The van der Waals surface area contributed by atoms with Gasteiger partial charge in [0.05, 0.1) is 11.0 Å². The highest BCUT2D eigenvalue weighted by Gasteiger charge is 2.22. The topological polar surface area (TPSA) is 29.9 Å². The van der Waals surface area contributed by atoms with E-state index in [1.807, 2.05) is 12.1 Å². The lowest BCUT2D eigenvalue weighted by molar-refractivity contribution is 0.308. The molecule has 1 aromatic heterocycles. The Labute approximate surface area is 166 Å². The lowest BCUT2D eigenvalue weighted by Crippen LogP contribution is -2.36. The molecule has 2 aromatic carbocycles. The molecule has 0 spiro atoms. The summed E-state index contributed by atoms with van der Waals surface area (Å²) in [6, 6.07) is 13.3. The van der Waals surface area contributed by atoms with E-state index < -0.39 is 0 Å². The SMILES string of the molecule is Cc1cc2nc(CC3CCNC(C)C3)n(Cc3ccc(Cl)cc3)c2cc1C. The molecule has 0 saturated carbocycles. The van der Waals surface area contributed by atoms with Gasteiger partial charge in [-0.25, -0.2) is 4.98 Å². The van der Waals surface area contributed by atoms with E-state index in [1.165, 1.54) is 40.9 Å². The van der Waals surface area contributed by atoms with Crippen LogP contribution in [0.15, 0.2) is 36.4 Å². The monoisotopic (exact) mass is 381 g/mol. The summed E-state index contributed by atoms with van der Waals surface area (Å²) in [5, 5.41) is 4.34. The highest BCUT2D eigenvalue weighted by Crippen LogP contribution is 2.26. The molecule has 3 nitrogen and oxygen atoms in total. The summed E-state index contributed by atoms with van der Waals surface area (Å²) in [7, 11) is 0. The van der Waals surface area contributed by atoms with Crippen molar-refractivity contribution in [1.82, 2.24) is 14.9 Å². The van der Waals surface area contributed by atoms with Crippen LogP contribution >= 0.6 is 11.6 Å². The van der Waals surface area contributed by atoms with E-state index in [-0.39, 0.29) is 0 Å². The van der Waals surface area contributed by atoms with Crippen molar-refractivity contribution in [1.29, 1.82) is 0 Å². The Morgan fingerprint density at radius 1 is 1.15 bits per heavy atom. The third-order valence-electron chi connectivity index (χ3n) is 5.90. The number of piperidine rings is 1. The van der Waals surface area contributed by atoms with E-state index in [9.17, 15) is 0 Å². The van der Waals surface area contributed by atoms with Gasteiger partial charge in [0.2, 0.25) is 0 Å². The van der Waals surface area contributed by atoms with Crippen LogP contribution < -0.4 is 5.32 Å². The molecule has 2 heterocycles. The summed E-state index contributed by atoms with van der Waals surface area (Å²) >= 11 is 6.08. The van der Waals surface area contributed by atoms with Gasteiger partial charge in [-0.1, -0.05) is 23.7 Å². The molecule has 2 atom stereocenters. The molecule has 2 unspecified atom stereocenters. The average molecular weight is 382 g/mol. The first-order valence-corrected chi connectivity index (χ1v) is 10.3. The normalized spacial score (nSPS) is 20.3. The molecule has 1 saturated heterocycles. The smallest absolute Gasteiger partial charge is 0.110 e. The lowest BCUT2D eigenvalue weighted by Gasteiger charge is -2.28. The van der Waals surface area contributed by atoms with Gasteiger partial charge in [0, 0.05) is 24.0 Å². The first kappa shape index (κ1) is 18.5. The zero-order chi connectivity index (χ0) is 19.0. The summed E-state index contributed by atoms with van der Waals surface area (Å²) in [6.45, 7) is 8.59. The van der Waals surface area contributed by atoms with Crippen molar-refractivity contribution in [3.63, 3.8) is 0 Å². The van der Waals surface area contributed by atoms with Gasteiger partial charge < -0.3 is 9.88 Å². The van der Waals surface area contributed by atoms with Gasteiger partial charge in [-0.3, -0.25) is 0 Å². The highest BCUT2D eigenvalue weighted by atomic mass is 35.5. The van der Waals surface area contributed by atoms with Gasteiger partial charge in [-0.15, -0.1) is 0 Å². The van der Waals surface area contributed by atoms with Crippen LogP contribution in [0.3, 0.4) is 0 Å². The summed E-state index contributed by atoms with van der Waals surface area (Å²) < 4.78 is 2.41. The maximum atomic E-state index is 6.08. The van der Waals surface area contributed by atoms with Crippen LogP contribution in [0, 0.1) is 19.8 Å². The Bertz CT molecular complexity index is 942. The molecule has 3 aromatic rings. The molecule has 1 N–H and O–H groups in total. The molecular formula is C23H28ClN3. The van der Waals surface area contributed by atoms with Crippen molar-refractivity contribution < 1.29 is 0 Å². The summed E-state index contributed by atoms with van der Waals surface area (Å²) in [4.78, 5) is 5.06. The van der Waals surface area contributed by atoms with E-state index in [1.54, 1.807) is 0 Å². The van der Waals surface area contributed by atoms with Crippen molar-refractivity contribution in [2.24, 2.45) is 5.92 Å². The third-order valence-corrected chi connectivity index (χ3v) is 6.15. The highest BCUT2D eigenvalue weighted by molar-refractivity contribution is 6.30. The minimum absolute atomic E-state index is 0.599. The quantitative estimate of drug-likeness (QED) is 0.665. The molecule has 0 aliphatic carbocycles. The number of hydrogen-bond donors (Lipinski definition) is 1. The van der Waals surface area contributed by atoms with Gasteiger partial charge in [0.25, 0.3) is 0 Å². The number of fused-ring (bicyclic) bond motifs is 1. The van der Waals surface area contributed by atoms with Crippen LogP contribution in [-0.4, -0.2) is 22.1 Å². The first-order valence-electron chi connectivity index (χ1n) is 9.94. The summed E-state index contributed by atoms with van der Waals surface area (Å²) in [5.41, 5.74) is 6.24. The van der Waals surface area contributed by atoms with Crippen molar-refractivity contribution in [2.45, 2.75) is 52.6 Å². The van der Waals surface area contributed by atoms with Crippen LogP contribution in [0.5, 0.6) is 0 Å². The Morgan fingerprint density at radius 3 is 2.63 bits per heavy atom. The lowest BCUT2D eigenvalue weighted by atomic mass is 9.90. The predicted molar refractivity (Wildman–Crippen MR) is 114 cm³/mol. The van der Waals surface area contributed by atoms with Crippen LogP contribution in [-0.2, 0) is 13.0 Å². The Balaban J connectivity index is 1.72. The number of imidazole rings is 1. The Kier molecular flexibility index (Phi) is 5.25. The molecule has 0 radical (unpaired) electrons. The average Bonchev–Trinajstić information content (AvgIpc) is 2.94. The zero-order valence-corrected chi connectivity index (χ0v) is 17.2. The first-order chi connectivity index (χ1) is 13.0. The molecule has 1 fully saturated rings. The van der Waals surface area contributed by atoms with Gasteiger partial charge >= 0.3 is 0 Å². The number of hydrogen-bond acceptors (Lipinski definition) is 2. The molecule has 0 amide bonds. The molecule has 1 aliphatic rings. The third kappa shape index (κ3) is 4.04. The Hall–Kier alpha value is -1.84. The van der Waals surface area contributed by atoms with Crippen LogP contribution in [0.1, 0.15) is 42.3 Å². The number of nitrogens with one attached hydrogen (secondary N) is 1. The number of benzene rings is 2. The van der Waals surface area contributed by atoms with Gasteiger partial charge in [0.1, 0.15) is 5.82 Å². The summed E-state index contributed by atoms with van der Waals surface area (Å²) in [6.07, 6.45) is 3.50. The maximum absolute atomic E-state index is 6.08. The summed E-state index contributed by atoms with van der Waals surface area (Å²) in [5.74, 6) is 1.91. The van der Waals surface area contributed by atoms with E-state index in [0.717, 1.165) is 30.0 Å². The second kappa shape index (κ2) is 7.65. The van der Waals surface area contributed by atoms with Crippen LogP contribution in [0.4, 0.5) is 0 Å². The Morgan fingerprint density at radius 2 is 1.89 bits per heavy atom. The molecule has 4 rings (SSSR count). The number of aromatic nitrogens is 2. The van der Waals surface area contributed by atoms with E-state index in [0.29, 0.717) is 12.0 Å². The van der Waals surface area contributed by atoms with Gasteiger partial charge in [0.15, 0.2) is 0 Å². The van der Waals surface area contributed by atoms with Crippen molar-refractivity contribution in [3.05, 3.63) is 63.9 Å². The fourth-order valence-corrected chi connectivity index (χ4v) is 4.34. The predicted octanol–water partition coefficient (Wildman–Crippen LogP) is 5.29. The van der Waals surface area contributed by atoms with E-state index in [2.05, 4.69) is 54.9 Å².